The molecule has 0 saturated heterocycles. The predicted octanol–water partition coefficient (Wildman–Crippen LogP) is 0.00370. The minimum absolute atomic E-state index is 0.0694. The van der Waals surface area contributed by atoms with Gasteiger partial charge in [0.1, 0.15) is 0 Å². The van der Waals surface area contributed by atoms with Crippen LogP contribution in [0, 0.1) is 0 Å². The van der Waals surface area contributed by atoms with E-state index in [9.17, 15) is 5.11 Å². The van der Waals surface area contributed by atoms with E-state index in [2.05, 4.69) is 0 Å². The van der Waals surface area contributed by atoms with Gasteiger partial charge in [-0.25, -0.2) is 0 Å². The van der Waals surface area contributed by atoms with Gasteiger partial charge in [-0.3, -0.25) is 0 Å². The standard InChI is InChI=1S/C2H4O.Li/c1-2-3;/h1-2H2;. The average molecular weight is 51.0 g/mol. The molecule has 0 bridgehead atoms. The zero-order valence-corrected chi connectivity index (χ0v) is 2.82. The van der Waals surface area contributed by atoms with E-state index in [0.29, 0.717) is 0 Å². The van der Waals surface area contributed by atoms with Gasteiger partial charge in [-0.15, -0.1) is 0 Å². The summed E-state index contributed by atoms with van der Waals surface area (Å²) in [5.74, 6) is 0. The first-order valence-electron chi connectivity index (χ1n) is 1.50. The van der Waals surface area contributed by atoms with Crippen LogP contribution in [0.5, 0.6) is 0 Å². The van der Waals surface area contributed by atoms with Crippen LogP contribution in [-0.2, 0) is 5.11 Å². The maximum absolute atomic E-state index is 9.30. The van der Waals surface area contributed by atoms with Crippen molar-refractivity contribution < 1.29 is 5.11 Å². The zero-order chi connectivity index (χ0) is 3.41. The van der Waals surface area contributed by atoms with Crippen molar-refractivity contribution in [2.45, 2.75) is 5.09 Å². The Balaban J connectivity index is 1.97. The molecule has 0 atom stereocenters. The summed E-state index contributed by atoms with van der Waals surface area (Å²) in [5.41, 5.74) is 0. The molecule has 0 saturated carbocycles. The molecular weight excluding hydrogens is 47.0 g/mol. The van der Waals surface area contributed by atoms with Crippen LogP contribution in [0.3, 0.4) is 0 Å². The monoisotopic (exact) mass is 51.0 g/mol. The minimum atomic E-state index is 0.0694. The molecule has 0 aromatic carbocycles. The van der Waals surface area contributed by atoms with Gasteiger partial charge in [-0.05, 0) is 0 Å². The maximum atomic E-state index is 9.30. The van der Waals surface area contributed by atoms with Gasteiger partial charge in [0.25, 0.3) is 0 Å². The van der Waals surface area contributed by atoms with Crippen molar-refractivity contribution in [3.05, 3.63) is 0 Å². The van der Waals surface area contributed by atoms with Crippen molar-refractivity contribution in [3.8, 4) is 0 Å². The fraction of sp³-hybridized carbons (Fsp3) is 1.00. The summed E-state index contributed by atoms with van der Waals surface area (Å²) >= 11 is 1.87. The molecule has 19 valence electrons. The van der Waals surface area contributed by atoms with Crippen LogP contribution in [0.2, 0.25) is 5.09 Å². The Kier molecular flexibility index (Phi) is 4.05. The number of hydrogen-bond acceptors (Lipinski definition) is 0. The van der Waals surface area contributed by atoms with E-state index in [-0.39, 0.29) is 6.61 Å². The summed E-state index contributed by atoms with van der Waals surface area (Å²) in [4.78, 5) is 0. The molecular formula is C2H4LiO. The Hall–Kier alpha value is 0.557. The summed E-state index contributed by atoms with van der Waals surface area (Å²) in [6, 6.07) is 0. The van der Waals surface area contributed by atoms with Crippen molar-refractivity contribution in [1.29, 1.82) is 0 Å². The van der Waals surface area contributed by atoms with Gasteiger partial charge in [-0.1, -0.05) is 0 Å². The predicted molar refractivity (Wildman–Crippen MR) is 16.1 cm³/mol. The summed E-state index contributed by atoms with van der Waals surface area (Å²) < 4.78 is 0. The zero-order valence-electron chi connectivity index (χ0n) is 2.82. The molecule has 1 radical (unpaired) electrons. The van der Waals surface area contributed by atoms with Gasteiger partial charge < -0.3 is 0 Å². The van der Waals surface area contributed by atoms with E-state index in [0.717, 1.165) is 5.09 Å². The van der Waals surface area contributed by atoms with E-state index < -0.39 is 0 Å². The van der Waals surface area contributed by atoms with E-state index in [1.54, 1.807) is 0 Å². The van der Waals surface area contributed by atoms with Crippen LogP contribution in [-0.4, -0.2) is 24.3 Å². The molecule has 0 aliphatic carbocycles. The van der Waals surface area contributed by atoms with Crippen molar-refractivity contribution in [2.24, 2.45) is 0 Å². The molecule has 0 aromatic heterocycles. The molecule has 0 aliphatic heterocycles. The third kappa shape index (κ3) is 2.56. The Bertz CT molecular complexity index is 8.00. The Morgan fingerprint density at radius 1 is 1.75 bits per heavy atom. The van der Waals surface area contributed by atoms with Gasteiger partial charge in [0.2, 0.25) is 0 Å². The molecule has 0 N–H and O–H groups in total. The van der Waals surface area contributed by atoms with Crippen LogP contribution in [0.15, 0.2) is 0 Å². The first-order chi connectivity index (χ1) is 1.91. The molecule has 2 heteroatoms. The second kappa shape index (κ2) is 3.56. The number of hydrogen-bond donors (Lipinski definition) is 0. The molecule has 0 spiro atoms. The van der Waals surface area contributed by atoms with E-state index >= 15 is 0 Å². The molecule has 4 heavy (non-hydrogen) atoms. The van der Waals surface area contributed by atoms with Gasteiger partial charge >= 0.3 is 34.5 Å². The Morgan fingerprint density at radius 3 is 2.00 bits per heavy atom. The summed E-state index contributed by atoms with van der Waals surface area (Å²) in [5, 5.41) is 10.1. The first kappa shape index (κ1) is 4.56. The Morgan fingerprint density at radius 2 is 2.00 bits per heavy atom. The van der Waals surface area contributed by atoms with Gasteiger partial charge in [0, 0.05) is 0 Å². The van der Waals surface area contributed by atoms with Gasteiger partial charge in [0.15, 0.2) is 0 Å². The van der Waals surface area contributed by atoms with Gasteiger partial charge in [0.05, 0.1) is 0 Å². The molecule has 0 aliphatic rings. The molecule has 0 rings (SSSR count). The van der Waals surface area contributed by atoms with Crippen molar-refractivity contribution >= 4 is 17.7 Å². The van der Waals surface area contributed by atoms with E-state index in [4.69, 9.17) is 0 Å². The molecule has 1 nitrogen and oxygen atoms in total. The second-order valence-electron chi connectivity index (χ2n) is 0.704. The van der Waals surface area contributed by atoms with Crippen LogP contribution >= 0.6 is 0 Å². The second-order valence-corrected chi connectivity index (χ2v) is 0.704. The SMILES string of the molecule is [Li][CH2]C[O]. The first-order valence-corrected chi connectivity index (χ1v) is 1.50. The molecule has 0 fully saturated rings. The van der Waals surface area contributed by atoms with E-state index in [1.807, 2.05) is 17.7 Å². The fourth-order valence-electron chi connectivity index (χ4n) is 0. The van der Waals surface area contributed by atoms with Crippen LogP contribution in [0.25, 0.3) is 0 Å². The van der Waals surface area contributed by atoms with E-state index in [1.165, 1.54) is 0 Å². The molecule has 0 unspecified atom stereocenters. The summed E-state index contributed by atoms with van der Waals surface area (Å²) in [7, 11) is 0. The van der Waals surface area contributed by atoms with Crippen LogP contribution in [0.4, 0.5) is 0 Å². The van der Waals surface area contributed by atoms with Crippen LogP contribution in [0.1, 0.15) is 0 Å². The topological polar surface area (TPSA) is 19.9 Å². The fourth-order valence-corrected chi connectivity index (χ4v) is 0. The Labute approximate surface area is 35.2 Å². The molecule has 0 amide bonds. The third-order valence-corrected chi connectivity index (χ3v) is 0.204. The quantitative estimate of drug-likeness (QED) is 0.374. The van der Waals surface area contributed by atoms with Crippen molar-refractivity contribution in [1.82, 2.24) is 0 Å². The average Bonchev–Trinajstić information content (AvgIpc) is 1.37. The van der Waals surface area contributed by atoms with Crippen molar-refractivity contribution in [2.75, 3.05) is 6.61 Å². The molecule has 0 heterocycles. The molecule has 0 aromatic rings. The van der Waals surface area contributed by atoms with Crippen LogP contribution < -0.4 is 0 Å². The van der Waals surface area contributed by atoms with Gasteiger partial charge in [-0.2, -0.15) is 0 Å². The summed E-state index contributed by atoms with van der Waals surface area (Å²) in [6.45, 7) is 0.0694. The third-order valence-electron chi connectivity index (χ3n) is 0.204. The summed E-state index contributed by atoms with van der Waals surface area (Å²) in [6.07, 6.45) is 0. The normalized spacial score (nSPS) is 7.75. The van der Waals surface area contributed by atoms with Crippen molar-refractivity contribution in [3.63, 3.8) is 0 Å². The number of rotatable bonds is 1.